The van der Waals surface area contributed by atoms with Crippen molar-refractivity contribution >= 4 is 0 Å². The number of rotatable bonds is 1. The molecule has 1 aliphatic heterocycles. The fraction of sp³-hybridized carbons (Fsp3) is 0.308. The van der Waals surface area contributed by atoms with E-state index in [2.05, 4.69) is 9.55 Å². The molecule has 1 aromatic heterocycles. The van der Waals surface area contributed by atoms with E-state index in [1.807, 2.05) is 0 Å². The molecule has 1 aliphatic rings. The molecule has 0 aliphatic carbocycles. The third-order valence-electron chi connectivity index (χ3n) is 3.18. The topological polar surface area (TPSA) is 38.0 Å². The minimum absolute atomic E-state index is 0.234. The lowest BCUT2D eigenvalue weighted by atomic mass is 10.1. The molecule has 0 fully saturated rings. The number of imidazole rings is 1. The summed E-state index contributed by atoms with van der Waals surface area (Å²) >= 11 is 0. The van der Waals surface area contributed by atoms with Crippen molar-refractivity contribution in [2.45, 2.75) is 25.5 Å². The van der Waals surface area contributed by atoms with Crippen LogP contribution in [-0.4, -0.2) is 20.8 Å². The van der Waals surface area contributed by atoms with Gasteiger partial charge in [-0.3, -0.25) is 0 Å². The smallest absolute Gasteiger partial charge is 0.123 e. The molecule has 1 atom stereocenters. The molecule has 0 amide bonds. The zero-order valence-corrected chi connectivity index (χ0v) is 9.31. The average molecular weight is 232 g/mol. The Hall–Kier alpha value is -1.68. The van der Waals surface area contributed by atoms with Crippen LogP contribution in [0.2, 0.25) is 0 Å². The molecule has 0 spiro atoms. The normalized spacial score (nSPS) is 19.1. The molecule has 88 valence electrons. The highest BCUT2D eigenvalue weighted by Crippen LogP contribution is 2.25. The van der Waals surface area contributed by atoms with E-state index in [1.54, 1.807) is 18.3 Å². The maximum atomic E-state index is 12.9. The van der Waals surface area contributed by atoms with Gasteiger partial charge in [0, 0.05) is 13.0 Å². The van der Waals surface area contributed by atoms with Gasteiger partial charge in [-0.1, -0.05) is 0 Å². The second-order valence-corrected chi connectivity index (χ2v) is 4.36. The number of nitrogens with zero attached hydrogens (tertiary/aromatic N) is 2. The number of hydrogen-bond donors (Lipinski definition) is 1. The number of aromatic nitrogens is 2. The summed E-state index contributed by atoms with van der Waals surface area (Å²) in [5, 5.41) is 9.57. The van der Waals surface area contributed by atoms with Crippen molar-refractivity contribution in [2.75, 3.05) is 0 Å². The van der Waals surface area contributed by atoms with Crippen LogP contribution in [0.5, 0.6) is 0 Å². The first kappa shape index (κ1) is 10.5. The van der Waals surface area contributed by atoms with Crippen LogP contribution in [0.1, 0.15) is 12.2 Å². The van der Waals surface area contributed by atoms with Crippen molar-refractivity contribution in [3.63, 3.8) is 0 Å². The first-order valence-corrected chi connectivity index (χ1v) is 5.72. The van der Waals surface area contributed by atoms with Crippen LogP contribution >= 0.6 is 0 Å². The minimum Gasteiger partial charge on any atom is -0.393 e. The highest BCUT2D eigenvalue weighted by molar-refractivity contribution is 5.59. The van der Waals surface area contributed by atoms with Gasteiger partial charge in [0.15, 0.2) is 0 Å². The summed E-state index contributed by atoms with van der Waals surface area (Å²) in [7, 11) is 0. The van der Waals surface area contributed by atoms with Crippen LogP contribution < -0.4 is 0 Å². The van der Waals surface area contributed by atoms with Crippen LogP contribution in [0.25, 0.3) is 11.3 Å². The third-order valence-corrected chi connectivity index (χ3v) is 3.18. The minimum atomic E-state index is -0.286. The Morgan fingerprint density at radius 3 is 2.82 bits per heavy atom. The van der Waals surface area contributed by atoms with Crippen molar-refractivity contribution in [3.8, 4) is 11.3 Å². The molecule has 1 aromatic carbocycles. The maximum Gasteiger partial charge on any atom is 0.123 e. The average Bonchev–Trinajstić information content (AvgIpc) is 2.73. The second-order valence-electron chi connectivity index (χ2n) is 4.36. The van der Waals surface area contributed by atoms with E-state index >= 15 is 0 Å². The second kappa shape index (κ2) is 3.96. The Kier molecular flexibility index (Phi) is 2.44. The molecule has 0 radical (unpaired) electrons. The fourth-order valence-electron chi connectivity index (χ4n) is 2.27. The van der Waals surface area contributed by atoms with Gasteiger partial charge in [0.1, 0.15) is 11.6 Å². The largest absolute Gasteiger partial charge is 0.393 e. The summed E-state index contributed by atoms with van der Waals surface area (Å²) in [6.45, 7) is 0.767. The summed E-state index contributed by atoms with van der Waals surface area (Å²) in [4.78, 5) is 4.32. The number of fused-ring (bicyclic) bond motifs is 1. The Morgan fingerprint density at radius 1 is 1.29 bits per heavy atom. The summed E-state index contributed by atoms with van der Waals surface area (Å²) in [6, 6.07) is 6.41. The van der Waals surface area contributed by atoms with E-state index in [-0.39, 0.29) is 11.9 Å². The molecule has 2 aromatic rings. The van der Waals surface area contributed by atoms with E-state index in [0.29, 0.717) is 6.42 Å². The predicted octanol–water partition coefficient (Wildman–Crippen LogP) is 2.00. The van der Waals surface area contributed by atoms with E-state index in [4.69, 9.17) is 0 Å². The zero-order chi connectivity index (χ0) is 11.8. The molecule has 3 rings (SSSR count). The molecular weight excluding hydrogens is 219 g/mol. The van der Waals surface area contributed by atoms with Crippen LogP contribution in [0, 0.1) is 5.82 Å². The van der Waals surface area contributed by atoms with Crippen molar-refractivity contribution < 1.29 is 9.50 Å². The Labute approximate surface area is 98.5 Å². The molecule has 2 heterocycles. The van der Waals surface area contributed by atoms with Crippen molar-refractivity contribution in [3.05, 3.63) is 42.1 Å². The van der Waals surface area contributed by atoms with Gasteiger partial charge in [0.25, 0.3) is 0 Å². The monoisotopic (exact) mass is 232 g/mol. The van der Waals surface area contributed by atoms with E-state index in [9.17, 15) is 9.50 Å². The molecule has 4 heteroatoms. The molecule has 0 bridgehead atoms. The zero-order valence-electron chi connectivity index (χ0n) is 9.31. The van der Waals surface area contributed by atoms with Gasteiger partial charge in [0.05, 0.1) is 18.0 Å². The number of halogens is 1. The molecule has 0 saturated carbocycles. The highest BCUT2D eigenvalue weighted by Gasteiger charge is 2.20. The SMILES string of the molecule is OC1CCn2c(-c3ccc(F)cc3)cnc2C1. The van der Waals surface area contributed by atoms with Crippen LogP contribution in [0.15, 0.2) is 30.5 Å². The van der Waals surface area contributed by atoms with E-state index < -0.39 is 0 Å². The lowest BCUT2D eigenvalue weighted by Crippen LogP contribution is -2.23. The molecule has 0 saturated heterocycles. The maximum absolute atomic E-state index is 12.9. The van der Waals surface area contributed by atoms with Crippen LogP contribution in [0.3, 0.4) is 0 Å². The first-order valence-electron chi connectivity index (χ1n) is 5.72. The summed E-state index contributed by atoms with van der Waals surface area (Å²) in [5.41, 5.74) is 1.95. The number of benzene rings is 1. The van der Waals surface area contributed by atoms with Crippen molar-refractivity contribution in [1.82, 2.24) is 9.55 Å². The van der Waals surface area contributed by atoms with Crippen molar-refractivity contribution in [1.29, 1.82) is 0 Å². The number of aliphatic hydroxyl groups is 1. The quantitative estimate of drug-likeness (QED) is 0.816. The van der Waals surface area contributed by atoms with E-state index in [0.717, 1.165) is 30.0 Å². The summed E-state index contributed by atoms with van der Waals surface area (Å²) in [6.07, 6.45) is 2.85. The van der Waals surface area contributed by atoms with Crippen LogP contribution in [-0.2, 0) is 13.0 Å². The van der Waals surface area contributed by atoms with E-state index in [1.165, 1.54) is 12.1 Å². The predicted molar refractivity (Wildman–Crippen MR) is 61.9 cm³/mol. The Balaban J connectivity index is 2.02. The number of hydrogen-bond acceptors (Lipinski definition) is 2. The van der Waals surface area contributed by atoms with Gasteiger partial charge in [0.2, 0.25) is 0 Å². The van der Waals surface area contributed by atoms with Gasteiger partial charge < -0.3 is 9.67 Å². The van der Waals surface area contributed by atoms with Gasteiger partial charge in [-0.25, -0.2) is 9.37 Å². The molecule has 17 heavy (non-hydrogen) atoms. The molecule has 1 unspecified atom stereocenters. The van der Waals surface area contributed by atoms with Crippen molar-refractivity contribution in [2.24, 2.45) is 0 Å². The summed E-state index contributed by atoms with van der Waals surface area (Å²) < 4.78 is 15.0. The fourth-order valence-corrected chi connectivity index (χ4v) is 2.27. The van der Waals surface area contributed by atoms with Gasteiger partial charge >= 0.3 is 0 Å². The molecular formula is C13H13FN2O. The molecule has 3 nitrogen and oxygen atoms in total. The van der Waals surface area contributed by atoms with Gasteiger partial charge in [-0.05, 0) is 36.2 Å². The first-order chi connectivity index (χ1) is 8.24. The molecule has 1 N–H and O–H groups in total. The van der Waals surface area contributed by atoms with Crippen LogP contribution in [0.4, 0.5) is 4.39 Å². The lowest BCUT2D eigenvalue weighted by Gasteiger charge is -2.20. The standard InChI is InChI=1S/C13H13FN2O/c14-10-3-1-9(2-4-10)12-8-15-13-7-11(17)5-6-16(12)13/h1-4,8,11,17H,5-7H2. The third kappa shape index (κ3) is 1.85. The van der Waals surface area contributed by atoms with Gasteiger partial charge in [-0.2, -0.15) is 0 Å². The number of aliphatic hydroxyl groups excluding tert-OH is 1. The lowest BCUT2D eigenvalue weighted by molar-refractivity contribution is 0.142. The van der Waals surface area contributed by atoms with Gasteiger partial charge in [-0.15, -0.1) is 0 Å². The Bertz CT molecular complexity index is 533. The highest BCUT2D eigenvalue weighted by atomic mass is 19.1. The summed E-state index contributed by atoms with van der Waals surface area (Å²) in [5.74, 6) is 0.672. The Morgan fingerprint density at radius 2 is 2.06 bits per heavy atom.